The summed E-state index contributed by atoms with van der Waals surface area (Å²) in [4.78, 5) is 25.0. The highest BCUT2D eigenvalue weighted by atomic mass is 16.6. The molecule has 0 aliphatic carbocycles. The molecule has 0 saturated carbocycles. The van der Waals surface area contributed by atoms with Crippen molar-refractivity contribution in [2.45, 2.75) is 18.6 Å². The first-order valence-electron chi connectivity index (χ1n) is 9.17. The van der Waals surface area contributed by atoms with E-state index in [1.165, 1.54) is 0 Å². The molecule has 138 valence electrons. The fourth-order valence-electron chi connectivity index (χ4n) is 4.19. The van der Waals surface area contributed by atoms with Crippen molar-refractivity contribution in [3.63, 3.8) is 0 Å². The second kappa shape index (κ2) is 6.06. The van der Waals surface area contributed by atoms with Gasteiger partial charge in [0.2, 0.25) is 5.78 Å². The van der Waals surface area contributed by atoms with E-state index < -0.39 is 0 Å². The zero-order valence-electron chi connectivity index (χ0n) is 15.2. The second-order valence-corrected chi connectivity index (χ2v) is 7.43. The molecular weight excluding hydrogens is 342 g/mol. The van der Waals surface area contributed by atoms with Gasteiger partial charge >= 0.3 is 6.09 Å². The van der Waals surface area contributed by atoms with E-state index in [4.69, 9.17) is 9.72 Å². The highest BCUT2D eigenvalue weighted by molar-refractivity contribution is 5.70. The van der Waals surface area contributed by atoms with Gasteiger partial charge in [-0.05, 0) is 6.07 Å². The molecule has 1 amide bonds. The molecule has 1 atom stereocenters. The summed E-state index contributed by atoms with van der Waals surface area (Å²) in [5.41, 5.74) is 2.77. The Morgan fingerprint density at radius 1 is 1.19 bits per heavy atom. The maximum atomic E-state index is 11.8. The Balaban J connectivity index is 1.48. The topological polar surface area (TPSA) is 63.0 Å². The molecular formula is C20H21N5O2. The molecule has 5 rings (SSSR count). The number of nitrogens with zero attached hydrogens (tertiary/aromatic N) is 5. The number of imidazole rings is 1. The van der Waals surface area contributed by atoms with E-state index in [0.717, 1.165) is 43.0 Å². The Labute approximate surface area is 157 Å². The number of rotatable bonds is 3. The van der Waals surface area contributed by atoms with E-state index >= 15 is 0 Å². The minimum Gasteiger partial charge on any atom is -0.439 e. The average Bonchev–Trinajstić information content (AvgIpc) is 3.33. The number of aromatic nitrogens is 3. The summed E-state index contributed by atoms with van der Waals surface area (Å²) in [5.74, 6) is 0.701. The van der Waals surface area contributed by atoms with Gasteiger partial charge in [0.25, 0.3) is 0 Å². The van der Waals surface area contributed by atoms with Crippen LogP contribution in [0.15, 0.2) is 48.8 Å². The van der Waals surface area contributed by atoms with Crippen LogP contribution in [0.2, 0.25) is 0 Å². The molecule has 0 radical (unpaired) electrons. The lowest BCUT2D eigenvalue weighted by molar-refractivity contribution is 0.0626. The first-order valence-corrected chi connectivity index (χ1v) is 9.17. The average molecular weight is 363 g/mol. The van der Waals surface area contributed by atoms with Crippen molar-refractivity contribution in [2.75, 3.05) is 26.7 Å². The van der Waals surface area contributed by atoms with Gasteiger partial charge in [-0.2, -0.15) is 0 Å². The highest BCUT2D eigenvalue weighted by Crippen LogP contribution is 2.33. The maximum Gasteiger partial charge on any atom is 0.410 e. The molecule has 4 heterocycles. The quantitative estimate of drug-likeness (QED) is 0.715. The number of ether oxygens (including phenoxy) is 1. The zero-order valence-corrected chi connectivity index (χ0v) is 15.2. The Hall–Kier alpha value is -2.93. The molecule has 2 aliphatic rings. The molecule has 7 nitrogen and oxygen atoms in total. The number of carbonyl (C=O) groups excluding carboxylic acids is 1. The molecule has 2 aliphatic heterocycles. The lowest BCUT2D eigenvalue weighted by Gasteiger charge is -2.22. The lowest BCUT2D eigenvalue weighted by Crippen LogP contribution is -2.37. The number of hydrogen-bond acceptors (Lipinski definition) is 5. The minimum absolute atomic E-state index is 0.221. The Morgan fingerprint density at radius 3 is 2.81 bits per heavy atom. The fourth-order valence-corrected chi connectivity index (χ4v) is 4.19. The van der Waals surface area contributed by atoms with Crippen molar-refractivity contribution in [1.29, 1.82) is 0 Å². The lowest BCUT2D eigenvalue weighted by atomic mass is 10.0. The molecule has 2 aromatic heterocycles. The highest BCUT2D eigenvalue weighted by Gasteiger charge is 2.48. The summed E-state index contributed by atoms with van der Waals surface area (Å²) in [6.45, 7) is 3.02. The summed E-state index contributed by atoms with van der Waals surface area (Å²) in [5, 5.41) is 0. The number of fused-ring (bicyclic) bond motifs is 1. The van der Waals surface area contributed by atoms with Crippen LogP contribution in [0.3, 0.4) is 0 Å². The van der Waals surface area contributed by atoms with Gasteiger partial charge in [-0.1, -0.05) is 30.3 Å². The van der Waals surface area contributed by atoms with Crippen molar-refractivity contribution in [3.8, 4) is 11.3 Å². The van der Waals surface area contributed by atoms with E-state index in [1.807, 2.05) is 30.5 Å². The SMILES string of the molecule is CN1CC2(CCN(Cc3c(-c4ccccc4)nc4ncccn34)C2)OC1=O. The van der Waals surface area contributed by atoms with Crippen LogP contribution in [0.25, 0.3) is 17.0 Å². The predicted octanol–water partition coefficient (Wildman–Crippen LogP) is 2.42. The van der Waals surface area contributed by atoms with Crippen LogP contribution in [0.1, 0.15) is 12.1 Å². The van der Waals surface area contributed by atoms with Crippen molar-refractivity contribution < 1.29 is 9.53 Å². The van der Waals surface area contributed by atoms with Gasteiger partial charge in [-0.3, -0.25) is 9.30 Å². The maximum absolute atomic E-state index is 11.8. The van der Waals surface area contributed by atoms with E-state index in [2.05, 4.69) is 26.4 Å². The molecule has 27 heavy (non-hydrogen) atoms. The molecule has 7 heteroatoms. The Morgan fingerprint density at radius 2 is 2.04 bits per heavy atom. The summed E-state index contributed by atoms with van der Waals surface area (Å²) >= 11 is 0. The first-order chi connectivity index (χ1) is 13.1. The molecule has 1 spiro atoms. The summed E-state index contributed by atoms with van der Waals surface area (Å²) in [6.07, 6.45) is 4.41. The van der Waals surface area contributed by atoms with Gasteiger partial charge < -0.3 is 9.64 Å². The summed E-state index contributed by atoms with van der Waals surface area (Å²) < 4.78 is 7.74. The monoisotopic (exact) mass is 363 g/mol. The number of hydrogen-bond donors (Lipinski definition) is 0. The van der Waals surface area contributed by atoms with Gasteiger partial charge in [0.1, 0.15) is 5.60 Å². The minimum atomic E-state index is -0.377. The van der Waals surface area contributed by atoms with Crippen LogP contribution in [0, 0.1) is 0 Å². The standard InChI is InChI=1S/C20H21N5O2/c1-23-13-20(27-19(23)26)8-11-24(14-20)12-16-17(15-6-3-2-4-7-15)22-18-21-9-5-10-25(16)18/h2-7,9-10H,8,11-14H2,1H3. The summed E-state index contributed by atoms with van der Waals surface area (Å²) in [6, 6.07) is 12.1. The predicted molar refractivity (Wildman–Crippen MR) is 100 cm³/mol. The summed E-state index contributed by atoms with van der Waals surface area (Å²) in [7, 11) is 1.80. The normalized spacial score (nSPS) is 22.9. The van der Waals surface area contributed by atoms with Crippen LogP contribution in [-0.4, -0.2) is 62.5 Å². The third-order valence-corrected chi connectivity index (χ3v) is 5.46. The fraction of sp³-hybridized carbons (Fsp3) is 0.350. The van der Waals surface area contributed by atoms with E-state index in [0.29, 0.717) is 12.3 Å². The number of amides is 1. The molecule has 0 bridgehead atoms. The largest absolute Gasteiger partial charge is 0.439 e. The van der Waals surface area contributed by atoms with Gasteiger partial charge in [-0.15, -0.1) is 0 Å². The third-order valence-electron chi connectivity index (χ3n) is 5.46. The van der Waals surface area contributed by atoms with E-state index in [9.17, 15) is 4.79 Å². The molecule has 3 aromatic rings. The first kappa shape index (κ1) is 16.3. The van der Waals surface area contributed by atoms with E-state index in [1.54, 1.807) is 18.1 Å². The number of likely N-dealkylation sites (N-methyl/N-ethyl adjacent to an activating group) is 1. The molecule has 0 N–H and O–H groups in total. The smallest absolute Gasteiger partial charge is 0.410 e. The zero-order chi connectivity index (χ0) is 18.4. The van der Waals surface area contributed by atoms with Crippen LogP contribution in [0.5, 0.6) is 0 Å². The van der Waals surface area contributed by atoms with Gasteiger partial charge in [0.15, 0.2) is 0 Å². The second-order valence-electron chi connectivity index (χ2n) is 7.43. The van der Waals surface area contributed by atoms with Crippen LogP contribution in [-0.2, 0) is 11.3 Å². The number of likely N-dealkylation sites (tertiary alicyclic amines) is 1. The van der Waals surface area contributed by atoms with Crippen LogP contribution >= 0.6 is 0 Å². The van der Waals surface area contributed by atoms with E-state index in [-0.39, 0.29) is 11.7 Å². The molecule has 1 aromatic carbocycles. The van der Waals surface area contributed by atoms with Gasteiger partial charge in [0.05, 0.1) is 17.9 Å². The van der Waals surface area contributed by atoms with Crippen molar-refractivity contribution >= 4 is 11.9 Å². The van der Waals surface area contributed by atoms with Crippen molar-refractivity contribution in [1.82, 2.24) is 24.2 Å². The van der Waals surface area contributed by atoms with Gasteiger partial charge in [-0.25, -0.2) is 14.8 Å². The molecule has 2 saturated heterocycles. The Kier molecular flexibility index (Phi) is 3.65. The van der Waals surface area contributed by atoms with Crippen molar-refractivity contribution in [2.24, 2.45) is 0 Å². The number of carbonyl (C=O) groups is 1. The van der Waals surface area contributed by atoms with Gasteiger partial charge in [0, 0.05) is 51.1 Å². The van der Waals surface area contributed by atoms with Crippen molar-refractivity contribution in [3.05, 3.63) is 54.5 Å². The van der Waals surface area contributed by atoms with Crippen LogP contribution in [0.4, 0.5) is 4.79 Å². The number of benzene rings is 1. The molecule has 1 unspecified atom stereocenters. The van der Waals surface area contributed by atoms with Crippen LogP contribution < -0.4 is 0 Å². The Bertz CT molecular complexity index is 1000. The third kappa shape index (κ3) is 2.75. The molecule has 2 fully saturated rings.